The molecule has 0 saturated heterocycles. The van der Waals surface area contributed by atoms with Crippen LogP contribution in [-0.4, -0.2) is 44.1 Å². The van der Waals surface area contributed by atoms with Crippen LogP contribution in [0.5, 0.6) is 0 Å². The van der Waals surface area contributed by atoms with E-state index < -0.39 is 11.3 Å². The average Bonchev–Trinajstić information content (AvgIpc) is 3.60. The van der Waals surface area contributed by atoms with Gasteiger partial charge in [-0.15, -0.1) is 0 Å². The number of aromatic nitrogens is 1. The van der Waals surface area contributed by atoms with Gasteiger partial charge in [0, 0.05) is 7.05 Å². The second kappa shape index (κ2) is 12.0. The summed E-state index contributed by atoms with van der Waals surface area (Å²) in [4.78, 5) is 37.6. The van der Waals surface area contributed by atoms with Crippen molar-refractivity contribution in [3.63, 3.8) is 0 Å². The number of carbonyl (C=O) groups excluding carboxylic acids is 3. The van der Waals surface area contributed by atoms with Crippen LogP contribution in [0.15, 0.2) is 12.3 Å². The van der Waals surface area contributed by atoms with Crippen molar-refractivity contribution in [1.29, 1.82) is 0 Å². The fraction of sp³-hybridized carbons (Fsp3) is 0.500. The molecule has 1 aromatic rings. The van der Waals surface area contributed by atoms with E-state index in [0.717, 1.165) is 18.8 Å². The van der Waals surface area contributed by atoms with Crippen molar-refractivity contribution in [2.45, 2.75) is 38.5 Å². The summed E-state index contributed by atoms with van der Waals surface area (Å²) in [7, 11) is 4.43. The molecule has 2 aliphatic carbocycles. The molecule has 0 aliphatic heterocycles. The van der Waals surface area contributed by atoms with Gasteiger partial charge in [0.15, 0.2) is 5.97 Å². The summed E-state index contributed by atoms with van der Waals surface area (Å²) < 4.78 is 9.18. The van der Waals surface area contributed by atoms with Crippen molar-refractivity contribution >= 4 is 37.2 Å². The zero-order chi connectivity index (χ0) is 20.6. The number of carbonyl (C=O) groups is 3. The van der Waals surface area contributed by atoms with Gasteiger partial charge in [0.1, 0.15) is 5.41 Å². The summed E-state index contributed by atoms with van der Waals surface area (Å²) in [5.74, 6) is -0.0613. The Morgan fingerprint density at radius 3 is 2.14 bits per heavy atom. The van der Waals surface area contributed by atoms with E-state index in [4.69, 9.17) is 10.5 Å². The predicted octanol–water partition coefficient (Wildman–Crippen LogP) is 2.43. The maximum absolute atomic E-state index is 11.7. The number of ether oxygens (including phenoxy) is 2. The zero-order valence-electron chi connectivity index (χ0n) is 15.6. The van der Waals surface area contributed by atoms with E-state index in [9.17, 15) is 14.4 Å². The minimum atomic E-state index is -0.689. The number of nitrogens with two attached hydrogens (primary N) is 1. The van der Waals surface area contributed by atoms with Crippen LogP contribution in [0.1, 0.15) is 49.2 Å². The molecule has 2 aliphatic rings. The van der Waals surface area contributed by atoms with Gasteiger partial charge < -0.3 is 20.5 Å². The zero-order valence-corrected chi connectivity index (χ0v) is 20.2. The number of halogens is 1. The molecule has 2 fully saturated rings. The van der Waals surface area contributed by atoms with E-state index in [-0.39, 0.29) is 19.4 Å². The molecule has 0 spiro atoms. The molecule has 0 atom stereocenters. The fourth-order valence-electron chi connectivity index (χ4n) is 2.42. The van der Waals surface area contributed by atoms with Gasteiger partial charge in [-0.1, -0.05) is 7.43 Å². The number of primary amides is 1. The first-order chi connectivity index (χ1) is 12.9. The summed E-state index contributed by atoms with van der Waals surface area (Å²) in [6.45, 7) is 0. The van der Waals surface area contributed by atoms with Crippen LogP contribution in [0.3, 0.4) is 0 Å². The molecular formula is C18H26BrN3O5Zn. The molecule has 3 rings (SSSR count). The van der Waals surface area contributed by atoms with Crippen molar-refractivity contribution < 1.29 is 40.2 Å². The van der Waals surface area contributed by atoms with E-state index in [1.54, 1.807) is 13.1 Å². The standard InChI is InChI=1S/C12H15N3O3.C5H7O2.CH4.BrH.Zn/c1-14-8-6-15-9(5-7(8)10(13)16)12(3-4-12)11(17)18-2;1-7-5(6)4-2-3-4;;;/h5-6,14H,3-4H2,1-2H3,(H2,13,16);2-3H2,1H3;1H4;1H;/q;-1;;;+2/p-1. The topological polar surface area (TPSA) is 121 Å². The first kappa shape index (κ1) is 26.3. The Kier molecular flexibility index (Phi) is 11.3. The first-order valence-corrected chi connectivity index (χ1v) is 15.1. The second-order valence-electron chi connectivity index (χ2n) is 5.90. The molecular weight excluding hydrogens is 484 g/mol. The van der Waals surface area contributed by atoms with Gasteiger partial charge in [0.2, 0.25) is 0 Å². The molecule has 152 valence electrons. The molecule has 1 amide bonds. The van der Waals surface area contributed by atoms with Crippen molar-refractivity contribution in [3.05, 3.63) is 29.4 Å². The van der Waals surface area contributed by atoms with Crippen molar-refractivity contribution in [2.24, 2.45) is 5.73 Å². The summed E-state index contributed by atoms with van der Waals surface area (Å²) in [5.41, 5.74) is 6.04. The van der Waals surface area contributed by atoms with Gasteiger partial charge in [-0.25, -0.2) is 0 Å². The van der Waals surface area contributed by atoms with Crippen molar-refractivity contribution in [3.8, 4) is 0 Å². The molecule has 1 heterocycles. The van der Waals surface area contributed by atoms with Gasteiger partial charge in [-0.3, -0.25) is 25.3 Å². The molecule has 0 radical (unpaired) electrons. The number of pyridine rings is 1. The predicted molar refractivity (Wildman–Crippen MR) is 105 cm³/mol. The van der Waals surface area contributed by atoms with E-state index in [1.807, 2.05) is 0 Å². The molecule has 8 nitrogen and oxygen atoms in total. The van der Waals surface area contributed by atoms with Crippen LogP contribution in [0.2, 0.25) is 0 Å². The number of amides is 1. The van der Waals surface area contributed by atoms with Gasteiger partial charge in [0.25, 0.3) is 5.91 Å². The Hall–Kier alpha value is -1.67. The third-order valence-corrected chi connectivity index (χ3v) is 4.23. The summed E-state index contributed by atoms with van der Waals surface area (Å²) in [6, 6.07) is 1.57. The Balaban J connectivity index is 0.000000613. The van der Waals surface area contributed by atoms with Crippen LogP contribution in [0.4, 0.5) is 5.69 Å². The average molecular weight is 510 g/mol. The van der Waals surface area contributed by atoms with Gasteiger partial charge in [-0.05, 0) is 18.9 Å². The van der Waals surface area contributed by atoms with Crippen molar-refractivity contribution in [1.82, 2.24) is 4.98 Å². The first-order valence-electron chi connectivity index (χ1n) is 8.16. The summed E-state index contributed by atoms with van der Waals surface area (Å²) in [6.07, 6.45) is 4.78. The number of hydrogen-bond donors (Lipinski definition) is 2. The second-order valence-corrected chi connectivity index (χ2v) is 5.90. The summed E-state index contributed by atoms with van der Waals surface area (Å²) in [5, 5.41) is 2.84. The van der Waals surface area contributed by atoms with Crippen molar-refractivity contribution in [2.75, 3.05) is 26.6 Å². The minimum absolute atomic E-state index is 0. The number of esters is 2. The van der Waals surface area contributed by atoms with E-state index in [2.05, 4.69) is 28.7 Å². The SMILES string of the molecule is C.CNc1cnc(C2(C(=O)OC)CC2)cc1C(N)=O.COC(=O)[C-]1CC1.[Zn+][Br]. The Labute approximate surface area is 182 Å². The van der Waals surface area contributed by atoms with Crippen LogP contribution in [0, 0.1) is 5.92 Å². The normalized spacial score (nSPS) is 14.6. The quantitative estimate of drug-likeness (QED) is 0.355. The molecule has 0 unspecified atom stereocenters. The van der Waals surface area contributed by atoms with Gasteiger partial charge in [-0.2, -0.15) is 12.8 Å². The number of methoxy groups -OCH3 is 2. The molecule has 10 heteroatoms. The number of rotatable bonds is 5. The van der Waals surface area contributed by atoms with Crippen LogP contribution >= 0.6 is 13.6 Å². The molecule has 2 saturated carbocycles. The van der Waals surface area contributed by atoms with Crippen LogP contribution < -0.4 is 11.1 Å². The third kappa shape index (κ3) is 6.45. The Bertz CT molecular complexity index is 694. The van der Waals surface area contributed by atoms with E-state index in [0.29, 0.717) is 29.8 Å². The molecule has 3 N–H and O–H groups in total. The van der Waals surface area contributed by atoms with Crippen LogP contribution in [0.25, 0.3) is 0 Å². The molecule has 28 heavy (non-hydrogen) atoms. The number of nitrogens with zero attached hydrogens (tertiary/aromatic N) is 1. The molecule has 0 aromatic carbocycles. The van der Waals surface area contributed by atoms with Crippen LogP contribution in [-0.2, 0) is 40.8 Å². The monoisotopic (exact) mass is 507 g/mol. The number of anilines is 1. The fourth-order valence-corrected chi connectivity index (χ4v) is 2.42. The Morgan fingerprint density at radius 2 is 1.82 bits per heavy atom. The van der Waals surface area contributed by atoms with E-state index in [1.165, 1.54) is 36.8 Å². The maximum atomic E-state index is 11.7. The Morgan fingerprint density at radius 1 is 1.25 bits per heavy atom. The van der Waals surface area contributed by atoms with Gasteiger partial charge >= 0.3 is 35.9 Å². The van der Waals surface area contributed by atoms with E-state index >= 15 is 0 Å². The number of nitrogens with one attached hydrogen (secondary N) is 1. The molecule has 0 bridgehead atoms. The third-order valence-electron chi connectivity index (χ3n) is 4.23. The molecule has 1 aromatic heterocycles. The number of hydrogen-bond acceptors (Lipinski definition) is 7. The van der Waals surface area contributed by atoms with Gasteiger partial charge in [0.05, 0.1) is 37.4 Å². The summed E-state index contributed by atoms with van der Waals surface area (Å²) >= 11 is 4.25.